The first kappa shape index (κ1) is 29.3. The second-order valence-electron chi connectivity index (χ2n) is 10.1. The van der Waals surface area contributed by atoms with E-state index in [0.29, 0.717) is 45.1 Å². The third-order valence-electron chi connectivity index (χ3n) is 7.00. The number of amides is 1. The second-order valence-corrected chi connectivity index (χ2v) is 11.7. The van der Waals surface area contributed by atoms with Crippen molar-refractivity contribution < 1.29 is 31.9 Å². The van der Waals surface area contributed by atoms with Gasteiger partial charge in [0, 0.05) is 25.1 Å². The topological polar surface area (TPSA) is 134 Å². The lowest BCUT2D eigenvalue weighted by Crippen LogP contribution is -2.37. The maximum atomic E-state index is 13.2. The Morgan fingerprint density at radius 2 is 1.79 bits per heavy atom. The van der Waals surface area contributed by atoms with Crippen LogP contribution in [0.2, 0.25) is 0 Å². The largest absolute Gasteiger partial charge is 0.491 e. The quantitative estimate of drug-likeness (QED) is 0.368. The molecule has 0 atom stereocenters. The van der Waals surface area contributed by atoms with E-state index in [-0.39, 0.29) is 17.4 Å². The molecule has 1 amide bonds. The summed E-state index contributed by atoms with van der Waals surface area (Å²) in [6.45, 7) is 5.43. The van der Waals surface area contributed by atoms with Crippen molar-refractivity contribution in [2.24, 2.45) is 5.14 Å². The number of hydrogen-bond acceptors (Lipinski definition) is 8. The maximum Gasteiger partial charge on any atom is 0.260 e. The average molecular weight is 592 g/mol. The summed E-state index contributed by atoms with van der Waals surface area (Å²) >= 11 is 0. The van der Waals surface area contributed by atoms with E-state index in [1.54, 1.807) is 4.90 Å². The third kappa shape index (κ3) is 7.17. The SMILES string of the molecule is Cc1noc(C)c1-c1ccc2c(c1)Cc1cccc(c1)CN(C(=O)COc1ccc(S(N)(=O)=O)cc1)CCOCCO2. The Hall–Kier alpha value is -4.19. The highest BCUT2D eigenvalue weighted by atomic mass is 32.2. The molecule has 4 aromatic rings. The summed E-state index contributed by atoms with van der Waals surface area (Å²) in [6, 6.07) is 19.9. The molecule has 0 saturated heterocycles. The number of nitrogens with zero attached hydrogens (tertiary/aromatic N) is 2. The Kier molecular flexibility index (Phi) is 8.91. The Morgan fingerprint density at radius 3 is 2.52 bits per heavy atom. The zero-order chi connectivity index (χ0) is 29.7. The Morgan fingerprint density at radius 1 is 1.00 bits per heavy atom. The van der Waals surface area contributed by atoms with Gasteiger partial charge in [0.1, 0.15) is 23.9 Å². The van der Waals surface area contributed by atoms with Crippen LogP contribution in [-0.2, 0) is 32.5 Å². The molecule has 2 bridgehead atoms. The number of ether oxygens (including phenoxy) is 3. The number of hydrogen-bond donors (Lipinski definition) is 1. The lowest BCUT2D eigenvalue weighted by molar-refractivity contribution is -0.134. The van der Waals surface area contributed by atoms with Gasteiger partial charge in [-0.25, -0.2) is 13.6 Å². The van der Waals surface area contributed by atoms with Gasteiger partial charge in [-0.3, -0.25) is 4.79 Å². The third-order valence-corrected chi connectivity index (χ3v) is 7.93. The van der Waals surface area contributed by atoms with E-state index in [0.717, 1.165) is 45.0 Å². The summed E-state index contributed by atoms with van der Waals surface area (Å²) in [6.07, 6.45) is 0.632. The molecule has 5 rings (SSSR count). The van der Waals surface area contributed by atoms with Gasteiger partial charge in [0.2, 0.25) is 10.0 Å². The normalized spacial score (nSPS) is 14.4. The summed E-state index contributed by atoms with van der Waals surface area (Å²) in [7, 11) is -3.81. The smallest absolute Gasteiger partial charge is 0.260 e. The van der Waals surface area contributed by atoms with Crippen LogP contribution in [0.15, 0.2) is 76.1 Å². The molecule has 1 aromatic heterocycles. The summed E-state index contributed by atoms with van der Waals surface area (Å²) in [5, 5.41) is 9.25. The first-order chi connectivity index (χ1) is 20.2. The summed E-state index contributed by atoms with van der Waals surface area (Å²) in [5.74, 6) is 1.70. The standard InChI is InChI=1S/C31H33N3O7S/c1-21-31(22(2)41-33-21)25-6-11-29-26(18-25)17-23-4-3-5-24(16-23)19-34(12-13-38-14-15-39-29)30(35)20-40-27-7-9-28(10-8-27)42(32,36)37/h3-11,16,18H,12-15,17,19-20H2,1-2H3,(H2,32,36,37). The van der Waals surface area contributed by atoms with E-state index in [9.17, 15) is 13.2 Å². The maximum absolute atomic E-state index is 13.2. The Labute approximate surface area is 245 Å². The van der Waals surface area contributed by atoms with Gasteiger partial charge in [-0.2, -0.15) is 0 Å². The lowest BCUT2D eigenvalue weighted by atomic mass is 9.96. The molecule has 0 saturated carbocycles. The highest BCUT2D eigenvalue weighted by Crippen LogP contribution is 2.32. The second kappa shape index (κ2) is 12.8. The molecule has 0 fully saturated rings. The van der Waals surface area contributed by atoms with Crippen LogP contribution in [0.3, 0.4) is 0 Å². The van der Waals surface area contributed by atoms with E-state index in [1.807, 2.05) is 38.1 Å². The molecule has 11 heteroatoms. The Bertz CT molecular complexity index is 1650. The fourth-order valence-corrected chi connectivity index (χ4v) is 5.44. The molecule has 0 aliphatic carbocycles. The molecule has 1 aliphatic heterocycles. The van der Waals surface area contributed by atoms with Crippen LogP contribution in [0, 0.1) is 13.8 Å². The number of sulfonamides is 1. The number of rotatable bonds is 5. The highest BCUT2D eigenvalue weighted by molar-refractivity contribution is 7.89. The van der Waals surface area contributed by atoms with Crippen molar-refractivity contribution in [3.63, 3.8) is 0 Å². The molecule has 2 heterocycles. The number of carbonyl (C=O) groups is 1. The average Bonchev–Trinajstić information content (AvgIpc) is 3.30. The van der Waals surface area contributed by atoms with E-state index in [1.165, 1.54) is 24.3 Å². The molecule has 3 aromatic carbocycles. The van der Waals surface area contributed by atoms with Crippen LogP contribution in [0.5, 0.6) is 11.5 Å². The van der Waals surface area contributed by atoms with Gasteiger partial charge in [0.15, 0.2) is 6.61 Å². The van der Waals surface area contributed by atoms with Crippen LogP contribution < -0.4 is 14.6 Å². The molecule has 220 valence electrons. The Balaban J connectivity index is 1.34. The lowest BCUT2D eigenvalue weighted by Gasteiger charge is -2.24. The van der Waals surface area contributed by atoms with Crippen molar-refractivity contribution in [3.05, 3.63) is 94.9 Å². The minimum atomic E-state index is -3.81. The van der Waals surface area contributed by atoms with E-state index >= 15 is 0 Å². The summed E-state index contributed by atoms with van der Waals surface area (Å²) in [5.41, 5.74) is 5.90. The van der Waals surface area contributed by atoms with Gasteiger partial charge in [-0.15, -0.1) is 0 Å². The van der Waals surface area contributed by atoms with Crippen molar-refractivity contribution in [1.82, 2.24) is 10.1 Å². The molecular formula is C31H33N3O7S. The molecule has 10 nitrogen and oxygen atoms in total. The van der Waals surface area contributed by atoms with Crippen molar-refractivity contribution in [2.45, 2.75) is 31.7 Å². The number of benzene rings is 3. The van der Waals surface area contributed by atoms with Gasteiger partial charge in [0.25, 0.3) is 5.91 Å². The van der Waals surface area contributed by atoms with Gasteiger partial charge < -0.3 is 23.6 Å². The van der Waals surface area contributed by atoms with Crippen LogP contribution in [0.25, 0.3) is 11.1 Å². The number of aromatic nitrogens is 1. The molecule has 0 radical (unpaired) electrons. The summed E-state index contributed by atoms with van der Waals surface area (Å²) in [4.78, 5) is 14.9. The van der Waals surface area contributed by atoms with Gasteiger partial charge in [-0.1, -0.05) is 35.5 Å². The van der Waals surface area contributed by atoms with Crippen LogP contribution in [0.1, 0.15) is 28.1 Å². The van der Waals surface area contributed by atoms with E-state index < -0.39 is 10.0 Å². The van der Waals surface area contributed by atoms with Crippen molar-refractivity contribution in [1.29, 1.82) is 0 Å². The number of primary sulfonamides is 1. The molecular weight excluding hydrogens is 558 g/mol. The first-order valence-corrected chi connectivity index (χ1v) is 15.1. The monoisotopic (exact) mass is 591 g/mol. The minimum absolute atomic E-state index is 0.0282. The summed E-state index contributed by atoms with van der Waals surface area (Å²) < 4.78 is 45.9. The number of aryl methyl sites for hydroxylation is 2. The number of fused-ring (bicyclic) bond motifs is 3. The van der Waals surface area contributed by atoms with Crippen molar-refractivity contribution in [3.8, 4) is 22.6 Å². The molecule has 1 aliphatic rings. The fraction of sp³-hybridized carbons (Fsp3) is 0.290. The van der Waals surface area contributed by atoms with Crippen molar-refractivity contribution in [2.75, 3.05) is 33.0 Å². The molecule has 42 heavy (non-hydrogen) atoms. The fourth-order valence-electron chi connectivity index (χ4n) is 4.93. The molecule has 2 N–H and O–H groups in total. The van der Waals surface area contributed by atoms with E-state index in [4.69, 9.17) is 23.9 Å². The minimum Gasteiger partial charge on any atom is -0.491 e. The van der Waals surface area contributed by atoms with E-state index in [2.05, 4.69) is 23.4 Å². The zero-order valence-corrected chi connectivity index (χ0v) is 24.4. The number of nitrogens with two attached hydrogens (primary N) is 1. The van der Waals surface area contributed by atoms with Gasteiger partial charge in [-0.05, 0) is 72.5 Å². The zero-order valence-electron chi connectivity index (χ0n) is 23.5. The van der Waals surface area contributed by atoms with Crippen LogP contribution >= 0.6 is 0 Å². The highest BCUT2D eigenvalue weighted by Gasteiger charge is 2.18. The van der Waals surface area contributed by atoms with Crippen molar-refractivity contribution >= 4 is 15.9 Å². The van der Waals surface area contributed by atoms with Gasteiger partial charge in [0.05, 0.1) is 23.8 Å². The first-order valence-electron chi connectivity index (χ1n) is 13.6. The molecule has 0 unspecified atom stereocenters. The van der Waals surface area contributed by atoms with Gasteiger partial charge >= 0.3 is 0 Å². The predicted octanol–water partition coefficient (Wildman–Crippen LogP) is 4.01. The molecule has 0 spiro atoms. The van der Waals surface area contributed by atoms with Crippen LogP contribution in [0.4, 0.5) is 0 Å². The predicted molar refractivity (Wildman–Crippen MR) is 156 cm³/mol. The number of carbonyl (C=O) groups excluding carboxylic acids is 1. The van der Waals surface area contributed by atoms with Crippen LogP contribution in [-0.4, -0.2) is 57.4 Å².